The molecule has 2 aromatic rings. The molecule has 1 aliphatic rings. The van der Waals surface area contributed by atoms with Crippen molar-refractivity contribution in [3.8, 4) is 11.5 Å². The average Bonchev–Trinajstić information content (AvgIpc) is 3.58. The second-order valence-corrected chi connectivity index (χ2v) is 7.71. The highest BCUT2D eigenvalue weighted by atomic mass is 16.5. The van der Waals surface area contributed by atoms with Crippen molar-refractivity contribution in [2.45, 2.75) is 45.6 Å². The first-order chi connectivity index (χ1) is 15.0. The Labute approximate surface area is 183 Å². The smallest absolute Gasteiger partial charge is 0.251 e. The van der Waals surface area contributed by atoms with Gasteiger partial charge in [0.2, 0.25) is 5.91 Å². The number of carbonyl (C=O) groups excluding carboxylic acids is 2. The molecule has 6 heteroatoms. The van der Waals surface area contributed by atoms with Gasteiger partial charge in [-0.15, -0.1) is 0 Å². The molecule has 1 fully saturated rings. The Bertz CT molecular complexity index is 964. The van der Waals surface area contributed by atoms with Gasteiger partial charge in [0, 0.05) is 23.4 Å². The first-order valence-corrected chi connectivity index (χ1v) is 10.7. The summed E-state index contributed by atoms with van der Waals surface area (Å²) in [6.45, 7) is 4.64. The van der Waals surface area contributed by atoms with Crippen LogP contribution in [0, 0.1) is 6.92 Å². The van der Waals surface area contributed by atoms with Gasteiger partial charge in [-0.2, -0.15) is 0 Å². The number of methoxy groups -OCH3 is 1. The summed E-state index contributed by atoms with van der Waals surface area (Å²) >= 11 is 0. The van der Waals surface area contributed by atoms with Crippen LogP contribution in [-0.2, 0) is 4.79 Å². The second-order valence-electron chi connectivity index (χ2n) is 7.71. The summed E-state index contributed by atoms with van der Waals surface area (Å²) in [6, 6.07) is 11.2. The largest absolute Gasteiger partial charge is 0.493 e. The highest BCUT2D eigenvalue weighted by Crippen LogP contribution is 2.29. The Morgan fingerprint density at radius 1 is 1.13 bits per heavy atom. The van der Waals surface area contributed by atoms with Crippen molar-refractivity contribution >= 4 is 23.6 Å². The lowest BCUT2D eigenvalue weighted by molar-refractivity contribution is -0.111. The molecule has 2 N–H and O–H groups in total. The fourth-order valence-corrected chi connectivity index (χ4v) is 2.97. The summed E-state index contributed by atoms with van der Waals surface area (Å²) in [5, 5.41) is 5.82. The molecule has 0 radical (unpaired) electrons. The van der Waals surface area contributed by atoms with E-state index in [2.05, 4.69) is 17.6 Å². The minimum atomic E-state index is -0.273. The molecule has 0 aromatic heterocycles. The number of carbonyl (C=O) groups is 2. The van der Waals surface area contributed by atoms with Crippen molar-refractivity contribution < 1.29 is 19.1 Å². The Morgan fingerprint density at radius 3 is 2.65 bits per heavy atom. The summed E-state index contributed by atoms with van der Waals surface area (Å²) in [4.78, 5) is 24.7. The van der Waals surface area contributed by atoms with Crippen molar-refractivity contribution in [2.24, 2.45) is 0 Å². The van der Waals surface area contributed by atoms with E-state index >= 15 is 0 Å². The second kappa shape index (κ2) is 10.7. The zero-order valence-corrected chi connectivity index (χ0v) is 18.4. The van der Waals surface area contributed by atoms with Crippen LogP contribution in [0.1, 0.15) is 54.1 Å². The number of amides is 2. The Balaban J connectivity index is 1.64. The predicted octanol–water partition coefficient (Wildman–Crippen LogP) is 4.73. The van der Waals surface area contributed by atoms with Crippen molar-refractivity contribution in [2.75, 3.05) is 19.0 Å². The topological polar surface area (TPSA) is 76.7 Å². The van der Waals surface area contributed by atoms with Crippen LogP contribution in [0.15, 0.2) is 42.5 Å². The minimum absolute atomic E-state index is 0.109. The van der Waals surface area contributed by atoms with Gasteiger partial charge in [-0.3, -0.25) is 9.59 Å². The third kappa shape index (κ3) is 6.60. The molecule has 0 aliphatic heterocycles. The van der Waals surface area contributed by atoms with E-state index in [-0.39, 0.29) is 17.9 Å². The maximum Gasteiger partial charge on any atom is 0.251 e. The highest BCUT2D eigenvalue weighted by Gasteiger charge is 2.24. The molecule has 0 atom stereocenters. The SMILES string of the molecule is CCCCOc1ccc(/C=C/C(=O)Nc2cc(C(=O)NC3CC3)ccc2C)cc1OC. The minimum Gasteiger partial charge on any atom is -0.493 e. The first-order valence-electron chi connectivity index (χ1n) is 10.7. The lowest BCUT2D eigenvalue weighted by Gasteiger charge is -2.11. The number of hydrogen-bond donors (Lipinski definition) is 2. The van der Waals surface area contributed by atoms with Crippen molar-refractivity contribution in [1.29, 1.82) is 0 Å². The number of ether oxygens (including phenoxy) is 2. The number of anilines is 1. The van der Waals surface area contributed by atoms with E-state index in [9.17, 15) is 9.59 Å². The fraction of sp³-hybridized carbons (Fsp3) is 0.360. The van der Waals surface area contributed by atoms with E-state index in [1.807, 2.05) is 31.2 Å². The van der Waals surface area contributed by atoms with E-state index in [1.165, 1.54) is 6.08 Å². The summed E-state index contributed by atoms with van der Waals surface area (Å²) in [5.74, 6) is 0.935. The molecule has 1 aliphatic carbocycles. The maximum absolute atomic E-state index is 12.4. The van der Waals surface area contributed by atoms with Gasteiger partial charge in [-0.05, 0) is 67.7 Å². The molecule has 6 nitrogen and oxygen atoms in total. The number of rotatable bonds is 10. The standard InChI is InChI=1S/C25H30N2O4/c1-4-5-14-31-22-12-7-18(15-23(22)30-3)8-13-24(28)27-21-16-19(9-6-17(21)2)25(29)26-20-10-11-20/h6-9,12-13,15-16,20H,4-5,10-11,14H2,1-3H3,(H,26,29)(H,27,28)/b13-8+. The zero-order valence-electron chi connectivity index (χ0n) is 18.4. The van der Waals surface area contributed by atoms with Crippen LogP contribution in [0.2, 0.25) is 0 Å². The number of benzene rings is 2. The summed E-state index contributed by atoms with van der Waals surface area (Å²) in [7, 11) is 1.59. The molecule has 1 saturated carbocycles. The van der Waals surface area contributed by atoms with Crippen molar-refractivity contribution in [3.05, 3.63) is 59.2 Å². The van der Waals surface area contributed by atoms with Crippen LogP contribution in [0.25, 0.3) is 6.08 Å². The quantitative estimate of drug-likeness (QED) is 0.429. The Hall–Kier alpha value is -3.28. The predicted molar refractivity (Wildman–Crippen MR) is 123 cm³/mol. The van der Waals surface area contributed by atoms with E-state index in [1.54, 1.807) is 25.3 Å². The number of hydrogen-bond acceptors (Lipinski definition) is 4. The van der Waals surface area contributed by atoms with Gasteiger partial charge in [0.1, 0.15) is 0 Å². The number of unbranched alkanes of at least 4 members (excludes halogenated alkanes) is 1. The van der Waals surface area contributed by atoms with Gasteiger partial charge in [0.05, 0.1) is 13.7 Å². The normalized spacial score (nSPS) is 13.1. The Morgan fingerprint density at radius 2 is 1.94 bits per heavy atom. The fourth-order valence-electron chi connectivity index (χ4n) is 2.97. The van der Waals surface area contributed by atoms with Crippen LogP contribution in [0.5, 0.6) is 11.5 Å². The third-order valence-electron chi connectivity index (χ3n) is 5.04. The molecule has 0 saturated heterocycles. The number of aryl methyl sites for hydroxylation is 1. The highest BCUT2D eigenvalue weighted by molar-refractivity contribution is 6.03. The Kier molecular flexibility index (Phi) is 7.70. The van der Waals surface area contributed by atoms with Gasteiger partial charge < -0.3 is 20.1 Å². The van der Waals surface area contributed by atoms with Crippen LogP contribution in [0.3, 0.4) is 0 Å². The monoisotopic (exact) mass is 422 g/mol. The molecule has 0 unspecified atom stereocenters. The van der Waals surface area contributed by atoms with E-state index in [0.29, 0.717) is 29.4 Å². The van der Waals surface area contributed by atoms with Gasteiger partial charge in [-0.25, -0.2) is 0 Å². The van der Waals surface area contributed by atoms with Gasteiger partial charge in [-0.1, -0.05) is 25.5 Å². The van der Waals surface area contributed by atoms with E-state index in [4.69, 9.17) is 9.47 Å². The summed E-state index contributed by atoms with van der Waals surface area (Å²) in [6.07, 6.45) is 7.28. The molecule has 2 amide bonds. The van der Waals surface area contributed by atoms with Gasteiger partial charge in [0.25, 0.3) is 5.91 Å². The lowest BCUT2D eigenvalue weighted by Crippen LogP contribution is -2.25. The molecule has 31 heavy (non-hydrogen) atoms. The number of nitrogens with one attached hydrogen (secondary N) is 2. The van der Waals surface area contributed by atoms with Crippen molar-refractivity contribution in [3.63, 3.8) is 0 Å². The molecule has 3 rings (SSSR count). The van der Waals surface area contributed by atoms with Crippen LogP contribution < -0.4 is 20.1 Å². The first kappa shape index (κ1) is 22.4. The van der Waals surface area contributed by atoms with E-state index in [0.717, 1.165) is 36.8 Å². The molecule has 2 aromatic carbocycles. The van der Waals surface area contributed by atoms with Gasteiger partial charge in [0.15, 0.2) is 11.5 Å². The molecule has 0 spiro atoms. The molecule has 0 heterocycles. The molecule has 164 valence electrons. The van der Waals surface area contributed by atoms with E-state index < -0.39 is 0 Å². The molecule has 0 bridgehead atoms. The molecular weight excluding hydrogens is 392 g/mol. The van der Waals surface area contributed by atoms with Crippen LogP contribution in [-0.4, -0.2) is 31.6 Å². The summed E-state index contributed by atoms with van der Waals surface area (Å²) < 4.78 is 11.1. The molecular formula is C25H30N2O4. The average molecular weight is 423 g/mol. The van der Waals surface area contributed by atoms with Gasteiger partial charge >= 0.3 is 0 Å². The zero-order chi connectivity index (χ0) is 22.2. The maximum atomic E-state index is 12.4. The van der Waals surface area contributed by atoms with Crippen LogP contribution >= 0.6 is 0 Å². The lowest BCUT2D eigenvalue weighted by atomic mass is 10.1. The van der Waals surface area contributed by atoms with Crippen molar-refractivity contribution in [1.82, 2.24) is 5.32 Å². The van der Waals surface area contributed by atoms with Crippen LogP contribution in [0.4, 0.5) is 5.69 Å². The summed E-state index contributed by atoms with van der Waals surface area (Å²) in [5.41, 5.74) is 2.87. The third-order valence-corrected chi connectivity index (χ3v) is 5.04.